The van der Waals surface area contributed by atoms with Crippen LogP contribution >= 0.6 is 0 Å². The summed E-state index contributed by atoms with van der Waals surface area (Å²) in [5.74, 6) is 0. The van der Waals surface area contributed by atoms with Crippen molar-refractivity contribution in [2.75, 3.05) is 13.2 Å². The first kappa shape index (κ1) is 17.1. The van der Waals surface area contributed by atoms with Crippen LogP contribution in [-0.4, -0.2) is 28.9 Å². The minimum absolute atomic E-state index is 0.115. The van der Waals surface area contributed by atoms with Crippen LogP contribution in [0.2, 0.25) is 0 Å². The Morgan fingerprint density at radius 1 is 1.36 bits per heavy atom. The molecule has 1 unspecified atom stereocenters. The van der Waals surface area contributed by atoms with Crippen molar-refractivity contribution in [1.29, 1.82) is 5.26 Å². The number of benzene rings is 1. The van der Waals surface area contributed by atoms with Crippen molar-refractivity contribution in [3.63, 3.8) is 0 Å². The molecule has 0 radical (unpaired) electrons. The zero-order valence-electron chi connectivity index (χ0n) is 13.7. The lowest BCUT2D eigenvalue weighted by Gasteiger charge is -2.22. The standard InChI is InChI=1S/C18H19N3O4/c19-9-14-10-21(18(23)20-17(14)22)15-5-3-4-13(8-15)11-24-12-16-6-1-2-7-25-16/h3-5,8,10,16H,1-2,6-7,11-12H2,(H,20,22,23). The molecule has 1 aliphatic heterocycles. The summed E-state index contributed by atoms with van der Waals surface area (Å²) in [4.78, 5) is 25.6. The van der Waals surface area contributed by atoms with Crippen molar-refractivity contribution in [2.45, 2.75) is 32.0 Å². The zero-order valence-corrected chi connectivity index (χ0v) is 13.7. The van der Waals surface area contributed by atoms with E-state index in [4.69, 9.17) is 14.7 Å². The average Bonchev–Trinajstić information content (AvgIpc) is 2.63. The Morgan fingerprint density at radius 2 is 2.24 bits per heavy atom. The van der Waals surface area contributed by atoms with Gasteiger partial charge in [-0.15, -0.1) is 0 Å². The van der Waals surface area contributed by atoms with E-state index >= 15 is 0 Å². The van der Waals surface area contributed by atoms with Crippen LogP contribution in [0, 0.1) is 11.3 Å². The maximum atomic E-state index is 12.0. The molecule has 2 heterocycles. The number of nitriles is 1. The van der Waals surface area contributed by atoms with Gasteiger partial charge in [0.25, 0.3) is 5.56 Å². The van der Waals surface area contributed by atoms with Gasteiger partial charge in [-0.3, -0.25) is 14.3 Å². The Kier molecular flexibility index (Phi) is 5.43. The Bertz CT molecular complexity index is 888. The van der Waals surface area contributed by atoms with Crippen LogP contribution in [0.5, 0.6) is 0 Å². The fourth-order valence-corrected chi connectivity index (χ4v) is 2.79. The first-order valence-corrected chi connectivity index (χ1v) is 8.22. The lowest BCUT2D eigenvalue weighted by Crippen LogP contribution is -2.30. The molecule has 1 N–H and O–H groups in total. The number of aromatic nitrogens is 2. The van der Waals surface area contributed by atoms with Gasteiger partial charge < -0.3 is 9.47 Å². The molecule has 3 rings (SSSR count). The van der Waals surface area contributed by atoms with E-state index in [0.29, 0.717) is 18.9 Å². The molecule has 0 amide bonds. The molecule has 0 spiro atoms. The fraction of sp³-hybridized carbons (Fsp3) is 0.389. The lowest BCUT2D eigenvalue weighted by atomic mass is 10.1. The van der Waals surface area contributed by atoms with E-state index in [1.54, 1.807) is 24.3 Å². The van der Waals surface area contributed by atoms with Gasteiger partial charge in [-0.1, -0.05) is 12.1 Å². The van der Waals surface area contributed by atoms with Gasteiger partial charge in [0, 0.05) is 12.8 Å². The number of ether oxygens (including phenoxy) is 2. The Balaban J connectivity index is 1.72. The second-order valence-electron chi connectivity index (χ2n) is 5.96. The summed E-state index contributed by atoms with van der Waals surface area (Å²) in [6.07, 6.45) is 4.69. The monoisotopic (exact) mass is 341 g/mol. The molecule has 1 aromatic carbocycles. The van der Waals surface area contributed by atoms with Gasteiger partial charge >= 0.3 is 5.69 Å². The van der Waals surface area contributed by atoms with E-state index < -0.39 is 11.2 Å². The number of nitrogens with one attached hydrogen (secondary N) is 1. The van der Waals surface area contributed by atoms with Gasteiger partial charge in [-0.2, -0.15) is 5.26 Å². The molecule has 7 heteroatoms. The summed E-state index contributed by atoms with van der Waals surface area (Å²) in [6, 6.07) is 9.00. The van der Waals surface area contributed by atoms with Crippen molar-refractivity contribution in [3.8, 4) is 11.8 Å². The maximum absolute atomic E-state index is 12.0. The number of hydrogen-bond acceptors (Lipinski definition) is 5. The lowest BCUT2D eigenvalue weighted by molar-refractivity contribution is -0.0447. The molecule has 0 bridgehead atoms. The summed E-state index contributed by atoms with van der Waals surface area (Å²) in [5.41, 5.74) is 0.0711. The van der Waals surface area contributed by atoms with Crippen molar-refractivity contribution in [2.24, 2.45) is 0 Å². The van der Waals surface area contributed by atoms with E-state index in [1.165, 1.54) is 17.2 Å². The van der Waals surface area contributed by atoms with Crippen LogP contribution < -0.4 is 11.2 Å². The smallest absolute Gasteiger partial charge is 0.332 e. The van der Waals surface area contributed by atoms with Crippen LogP contribution in [0.4, 0.5) is 0 Å². The highest BCUT2D eigenvalue weighted by molar-refractivity contribution is 5.37. The normalized spacial score (nSPS) is 17.2. The predicted molar refractivity (Wildman–Crippen MR) is 90.6 cm³/mol. The van der Waals surface area contributed by atoms with Crippen LogP contribution in [-0.2, 0) is 16.1 Å². The van der Waals surface area contributed by atoms with Crippen molar-refractivity contribution in [3.05, 3.63) is 62.4 Å². The largest absolute Gasteiger partial charge is 0.376 e. The third kappa shape index (κ3) is 4.24. The number of hydrogen-bond donors (Lipinski definition) is 1. The summed E-state index contributed by atoms with van der Waals surface area (Å²) < 4.78 is 12.6. The van der Waals surface area contributed by atoms with E-state index in [0.717, 1.165) is 25.0 Å². The number of rotatable bonds is 5. The molecule has 1 aromatic heterocycles. The first-order valence-electron chi connectivity index (χ1n) is 8.22. The molecular weight excluding hydrogens is 322 g/mol. The quantitative estimate of drug-likeness (QED) is 0.888. The Hall–Kier alpha value is -2.69. The van der Waals surface area contributed by atoms with Crippen LogP contribution in [0.25, 0.3) is 5.69 Å². The van der Waals surface area contributed by atoms with Crippen LogP contribution in [0.15, 0.2) is 40.1 Å². The molecule has 1 saturated heterocycles. The molecule has 1 atom stereocenters. The first-order chi connectivity index (χ1) is 12.2. The molecule has 7 nitrogen and oxygen atoms in total. The highest BCUT2D eigenvalue weighted by Gasteiger charge is 2.13. The highest BCUT2D eigenvalue weighted by atomic mass is 16.5. The number of nitrogens with zero attached hydrogens (tertiary/aromatic N) is 2. The molecular formula is C18H19N3O4. The summed E-state index contributed by atoms with van der Waals surface area (Å²) in [6.45, 7) is 1.73. The Labute approximate surface area is 144 Å². The molecule has 130 valence electrons. The molecule has 25 heavy (non-hydrogen) atoms. The SMILES string of the molecule is N#Cc1cn(-c2cccc(COCC3CCCCO3)c2)c(=O)[nH]c1=O. The van der Waals surface area contributed by atoms with Gasteiger partial charge in [0.05, 0.1) is 25.0 Å². The van der Waals surface area contributed by atoms with E-state index in [-0.39, 0.29) is 11.7 Å². The van der Waals surface area contributed by atoms with E-state index in [2.05, 4.69) is 4.98 Å². The fourth-order valence-electron chi connectivity index (χ4n) is 2.79. The van der Waals surface area contributed by atoms with Crippen LogP contribution in [0.1, 0.15) is 30.4 Å². The summed E-state index contributed by atoms with van der Waals surface area (Å²) >= 11 is 0. The molecule has 2 aromatic rings. The van der Waals surface area contributed by atoms with Crippen molar-refractivity contribution in [1.82, 2.24) is 9.55 Å². The highest BCUT2D eigenvalue weighted by Crippen LogP contribution is 2.14. The minimum Gasteiger partial charge on any atom is -0.376 e. The van der Waals surface area contributed by atoms with Gasteiger partial charge in [0.1, 0.15) is 11.6 Å². The maximum Gasteiger partial charge on any atom is 0.332 e. The molecule has 1 fully saturated rings. The number of H-pyrrole nitrogens is 1. The van der Waals surface area contributed by atoms with Crippen molar-refractivity contribution < 1.29 is 9.47 Å². The van der Waals surface area contributed by atoms with Gasteiger partial charge in [-0.05, 0) is 37.0 Å². The van der Waals surface area contributed by atoms with E-state index in [9.17, 15) is 9.59 Å². The summed E-state index contributed by atoms with van der Waals surface area (Å²) in [5, 5.41) is 8.96. The third-order valence-corrected chi connectivity index (χ3v) is 4.10. The van der Waals surface area contributed by atoms with E-state index in [1.807, 2.05) is 6.07 Å². The van der Waals surface area contributed by atoms with Gasteiger partial charge in [0.15, 0.2) is 0 Å². The van der Waals surface area contributed by atoms with Gasteiger partial charge in [0.2, 0.25) is 0 Å². The average molecular weight is 341 g/mol. The minimum atomic E-state index is -0.685. The predicted octanol–water partition coefficient (Wildman–Crippen LogP) is 1.48. The topological polar surface area (TPSA) is 97.1 Å². The second kappa shape index (κ2) is 7.92. The molecule has 0 aliphatic carbocycles. The summed E-state index contributed by atoms with van der Waals surface area (Å²) in [7, 11) is 0. The third-order valence-electron chi connectivity index (χ3n) is 4.10. The Morgan fingerprint density at radius 3 is 3.00 bits per heavy atom. The zero-order chi connectivity index (χ0) is 17.6. The number of aromatic amines is 1. The van der Waals surface area contributed by atoms with Crippen LogP contribution in [0.3, 0.4) is 0 Å². The molecule has 0 saturated carbocycles. The van der Waals surface area contributed by atoms with Gasteiger partial charge in [-0.25, -0.2) is 4.79 Å². The van der Waals surface area contributed by atoms with Crippen molar-refractivity contribution >= 4 is 0 Å². The molecule has 1 aliphatic rings. The second-order valence-corrected chi connectivity index (χ2v) is 5.96.